The van der Waals surface area contributed by atoms with Crippen LogP contribution in [0.4, 0.5) is 4.39 Å². The second-order valence-corrected chi connectivity index (χ2v) is 6.66. The molecular weight excluding hydrogens is 365 g/mol. The number of halogens is 1. The molecule has 0 fully saturated rings. The molecule has 0 aliphatic heterocycles. The lowest BCUT2D eigenvalue weighted by atomic mass is 10.0. The number of nitrogens with zero attached hydrogens (tertiary/aromatic N) is 1. The summed E-state index contributed by atoms with van der Waals surface area (Å²) in [6, 6.07) is 14.2. The van der Waals surface area contributed by atoms with Gasteiger partial charge in [0.15, 0.2) is 5.78 Å². The number of thiazole rings is 1. The SMILES string of the molecule is O=C(c1ccc(F)cc1)c1ccc(OCc2csc(-c3ccoc3)n2)cc1. The summed E-state index contributed by atoms with van der Waals surface area (Å²) in [6.07, 6.45) is 3.27. The number of rotatable bonds is 6. The first-order chi connectivity index (χ1) is 13.2. The maximum Gasteiger partial charge on any atom is 0.193 e. The minimum atomic E-state index is -0.367. The molecule has 0 atom stereocenters. The Bertz CT molecular complexity index is 1040. The van der Waals surface area contributed by atoms with E-state index in [-0.39, 0.29) is 11.6 Å². The maximum absolute atomic E-state index is 13.0. The summed E-state index contributed by atoms with van der Waals surface area (Å²) in [5.41, 5.74) is 2.72. The molecule has 0 radical (unpaired) electrons. The van der Waals surface area contributed by atoms with Crippen molar-refractivity contribution in [1.82, 2.24) is 4.98 Å². The molecule has 2 aromatic heterocycles. The van der Waals surface area contributed by atoms with E-state index in [4.69, 9.17) is 9.15 Å². The van der Waals surface area contributed by atoms with Gasteiger partial charge in [-0.05, 0) is 54.6 Å². The van der Waals surface area contributed by atoms with Crippen LogP contribution < -0.4 is 4.74 Å². The van der Waals surface area contributed by atoms with E-state index in [2.05, 4.69) is 4.98 Å². The van der Waals surface area contributed by atoms with Gasteiger partial charge < -0.3 is 9.15 Å². The zero-order valence-electron chi connectivity index (χ0n) is 14.1. The molecule has 0 unspecified atom stereocenters. The smallest absolute Gasteiger partial charge is 0.193 e. The van der Waals surface area contributed by atoms with Crippen molar-refractivity contribution in [3.8, 4) is 16.3 Å². The van der Waals surface area contributed by atoms with Gasteiger partial charge in [-0.25, -0.2) is 9.37 Å². The van der Waals surface area contributed by atoms with E-state index < -0.39 is 0 Å². The first-order valence-electron chi connectivity index (χ1n) is 8.19. The van der Waals surface area contributed by atoms with Crippen LogP contribution >= 0.6 is 11.3 Å². The largest absolute Gasteiger partial charge is 0.487 e. The molecule has 4 aromatic rings. The van der Waals surface area contributed by atoms with Crippen LogP contribution in [-0.2, 0) is 6.61 Å². The van der Waals surface area contributed by atoms with Crippen LogP contribution in [0, 0.1) is 5.82 Å². The average Bonchev–Trinajstić information content (AvgIpc) is 3.38. The topological polar surface area (TPSA) is 52.3 Å². The lowest BCUT2D eigenvalue weighted by molar-refractivity contribution is 0.103. The Labute approximate surface area is 158 Å². The van der Waals surface area contributed by atoms with Gasteiger partial charge >= 0.3 is 0 Å². The Hall–Kier alpha value is -3.25. The van der Waals surface area contributed by atoms with E-state index in [1.165, 1.54) is 35.6 Å². The van der Waals surface area contributed by atoms with Gasteiger partial charge in [-0.1, -0.05) is 0 Å². The second kappa shape index (κ2) is 7.55. The molecule has 0 saturated carbocycles. The van der Waals surface area contributed by atoms with Gasteiger partial charge in [-0.2, -0.15) is 0 Å². The number of aromatic nitrogens is 1. The fourth-order valence-corrected chi connectivity index (χ4v) is 3.31. The molecule has 27 heavy (non-hydrogen) atoms. The number of hydrogen-bond acceptors (Lipinski definition) is 5. The van der Waals surface area contributed by atoms with Crippen molar-refractivity contribution in [2.75, 3.05) is 0 Å². The van der Waals surface area contributed by atoms with Crippen LogP contribution in [0.5, 0.6) is 5.75 Å². The first kappa shape index (κ1) is 17.2. The van der Waals surface area contributed by atoms with Crippen molar-refractivity contribution in [3.05, 3.63) is 95.1 Å². The monoisotopic (exact) mass is 379 g/mol. The van der Waals surface area contributed by atoms with Gasteiger partial charge in [0.05, 0.1) is 12.0 Å². The number of carbonyl (C=O) groups excluding carboxylic acids is 1. The third-order valence-electron chi connectivity index (χ3n) is 3.93. The maximum atomic E-state index is 13.0. The number of benzene rings is 2. The van der Waals surface area contributed by atoms with E-state index in [1.54, 1.807) is 36.8 Å². The molecule has 0 spiro atoms. The molecule has 4 nitrogen and oxygen atoms in total. The molecular formula is C21H14FNO3S. The Kier molecular flexibility index (Phi) is 4.80. The van der Waals surface area contributed by atoms with Crippen LogP contribution in [0.1, 0.15) is 21.6 Å². The lowest BCUT2D eigenvalue weighted by Gasteiger charge is -2.06. The predicted molar refractivity (Wildman–Crippen MR) is 100 cm³/mol. The van der Waals surface area contributed by atoms with Gasteiger partial charge in [0, 0.05) is 22.1 Å². The molecule has 6 heteroatoms. The van der Waals surface area contributed by atoms with Crippen molar-refractivity contribution >= 4 is 17.1 Å². The minimum Gasteiger partial charge on any atom is -0.487 e. The molecule has 0 amide bonds. The highest BCUT2D eigenvalue weighted by molar-refractivity contribution is 7.13. The van der Waals surface area contributed by atoms with Crippen LogP contribution in [0.3, 0.4) is 0 Å². The summed E-state index contributed by atoms with van der Waals surface area (Å²) in [5.74, 6) is 0.114. The van der Waals surface area contributed by atoms with Crippen LogP contribution in [0.25, 0.3) is 10.6 Å². The lowest BCUT2D eigenvalue weighted by Crippen LogP contribution is -2.01. The summed E-state index contributed by atoms with van der Waals surface area (Å²) in [7, 11) is 0. The van der Waals surface area contributed by atoms with Gasteiger partial charge in [-0.3, -0.25) is 4.79 Å². The number of ether oxygens (including phenoxy) is 1. The van der Waals surface area contributed by atoms with E-state index in [0.29, 0.717) is 23.5 Å². The highest BCUT2D eigenvalue weighted by Crippen LogP contribution is 2.25. The summed E-state index contributed by atoms with van der Waals surface area (Å²) < 4.78 is 23.8. The third kappa shape index (κ3) is 3.96. The Morgan fingerprint density at radius 3 is 2.41 bits per heavy atom. The first-order valence-corrected chi connectivity index (χ1v) is 9.07. The molecule has 0 aliphatic rings. The van der Waals surface area contributed by atoms with E-state index in [0.717, 1.165) is 16.3 Å². The standard InChI is InChI=1S/C21H14FNO3S/c22-17-5-1-14(2-6-17)20(24)15-3-7-19(8-4-15)26-12-18-13-27-21(23-18)16-9-10-25-11-16/h1-11,13H,12H2. The molecule has 0 aliphatic carbocycles. The van der Waals surface area contributed by atoms with E-state index in [9.17, 15) is 9.18 Å². The zero-order chi connectivity index (χ0) is 18.6. The quantitative estimate of drug-likeness (QED) is 0.424. The van der Waals surface area contributed by atoms with Gasteiger partial charge in [0.1, 0.15) is 29.4 Å². The van der Waals surface area contributed by atoms with Crippen molar-refractivity contribution in [3.63, 3.8) is 0 Å². The predicted octanol–water partition coefficient (Wildman–Crippen LogP) is 5.35. The van der Waals surface area contributed by atoms with Crippen molar-refractivity contribution in [1.29, 1.82) is 0 Å². The average molecular weight is 379 g/mol. The number of ketones is 1. The number of hydrogen-bond donors (Lipinski definition) is 0. The van der Waals surface area contributed by atoms with Gasteiger partial charge in [0.25, 0.3) is 0 Å². The van der Waals surface area contributed by atoms with Crippen molar-refractivity contribution < 1.29 is 18.3 Å². The fourth-order valence-electron chi connectivity index (χ4n) is 2.52. The normalized spacial score (nSPS) is 10.7. The van der Waals surface area contributed by atoms with E-state index in [1.807, 2.05) is 11.4 Å². The highest BCUT2D eigenvalue weighted by Gasteiger charge is 2.10. The third-order valence-corrected chi connectivity index (χ3v) is 4.87. The zero-order valence-corrected chi connectivity index (χ0v) is 14.9. The summed E-state index contributed by atoms with van der Waals surface area (Å²) in [5, 5.41) is 2.82. The molecule has 4 rings (SSSR count). The van der Waals surface area contributed by atoms with Gasteiger partial charge in [0.2, 0.25) is 0 Å². The fraction of sp³-hybridized carbons (Fsp3) is 0.0476. The Morgan fingerprint density at radius 1 is 1.04 bits per heavy atom. The van der Waals surface area contributed by atoms with E-state index >= 15 is 0 Å². The van der Waals surface area contributed by atoms with Gasteiger partial charge in [-0.15, -0.1) is 11.3 Å². The minimum absolute atomic E-state index is 0.161. The summed E-state index contributed by atoms with van der Waals surface area (Å²) in [4.78, 5) is 16.9. The molecule has 2 heterocycles. The Balaban J connectivity index is 1.39. The second-order valence-electron chi connectivity index (χ2n) is 5.81. The number of carbonyl (C=O) groups is 1. The summed E-state index contributed by atoms with van der Waals surface area (Å²) in [6.45, 7) is 0.333. The molecule has 134 valence electrons. The summed E-state index contributed by atoms with van der Waals surface area (Å²) >= 11 is 1.52. The van der Waals surface area contributed by atoms with Crippen LogP contribution in [0.15, 0.2) is 76.9 Å². The number of furan rings is 1. The van der Waals surface area contributed by atoms with Crippen molar-refractivity contribution in [2.24, 2.45) is 0 Å². The van der Waals surface area contributed by atoms with Crippen LogP contribution in [-0.4, -0.2) is 10.8 Å². The molecule has 0 bridgehead atoms. The molecule has 0 N–H and O–H groups in total. The molecule has 2 aromatic carbocycles. The Morgan fingerprint density at radius 2 is 1.74 bits per heavy atom. The highest BCUT2D eigenvalue weighted by atomic mass is 32.1. The molecule has 0 saturated heterocycles. The van der Waals surface area contributed by atoms with Crippen LogP contribution in [0.2, 0.25) is 0 Å². The van der Waals surface area contributed by atoms with Crippen molar-refractivity contribution in [2.45, 2.75) is 6.61 Å².